The SMILES string of the molecule is O=C(CNC1CCN(Cc2ccccc2)CC1)N1CCc2c(ncnc2NCC23CC4CC(CC(C4)C2)C3)C1. The molecule has 2 aliphatic heterocycles. The molecule has 2 aromatic rings. The maximum atomic E-state index is 13.1. The van der Waals surface area contributed by atoms with Crippen LogP contribution >= 0.6 is 0 Å². The number of aromatic nitrogens is 2. The Morgan fingerprint density at radius 1 is 0.949 bits per heavy atom. The second-order valence-electron chi connectivity index (χ2n) is 13.4. The van der Waals surface area contributed by atoms with Gasteiger partial charge in [-0.25, -0.2) is 9.97 Å². The molecule has 4 bridgehead atoms. The van der Waals surface area contributed by atoms with Gasteiger partial charge in [0.1, 0.15) is 12.1 Å². The standard InChI is InChI=1S/C32H44N6O/c39-30(18-33-27-6-9-37(10-7-27)19-23-4-2-1-3-5-23)38-11-8-28-29(20-38)35-22-36-31(28)34-21-32-15-24-12-25(16-32)14-26(13-24)17-32/h1-5,22,24-27,33H,6-21H2,(H,34,35,36). The van der Waals surface area contributed by atoms with Gasteiger partial charge in [-0.3, -0.25) is 9.69 Å². The van der Waals surface area contributed by atoms with Gasteiger partial charge >= 0.3 is 0 Å². The molecular weight excluding hydrogens is 484 g/mol. The first-order valence-corrected chi connectivity index (χ1v) is 15.4. The highest BCUT2D eigenvalue weighted by Gasteiger charge is 2.50. The lowest BCUT2D eigenvalue weighted by Gasteiger charge is -2.57. The number of fused-ring (bicyclic) bond motifs is 1. The molecule has 0 radical (unpaired) electrons. The third kappa shape index (κ3) is 5.58. The molecule has 1 aromatic carbocycles. The largest absolute Gasteiger partial charge is 0.369 e. The van der Waals surface area contributed by atoms with E-state index in [1.54, 1.807) is 6.33 Å². The molecule has 208 valence electrons. The second kappa shape index (κ2) is 10.8. The fourth-order valence-electron chi connectivity index (χ4n) is 8.98. The lowest BCUT2D eigenvalue weighted by atomic mass is 9.49. The van der Waals surface area contributed by atoms with Gasteiger partial charge < -0.3 is 15.5 Å². The summed E-state index contributed by atoms with van der Waals surface area (Å²) in [6.45, 7) is 5.99. The molecule has 6 aliphatic rings. The number of rotatable bonds is 8. The average Bonchev–Trinajstić information content (AvgIpc) is 2.95. The van der Waals surface area contributed by atoms with Crippen molar-refractivity contribution < 1.29 is 4.79 Å². The predicted molar refractivity (Wildman–Crippen MR) is 153 cm³/mol. The molecule has 5 fully saturated rings. The number of hydrogen-bond acceptors (Lipinski definition) is 6. The Hall–Kier alpha value is -2.51. The lowest BCUT2D eigenvalue weighted by molar-refractivity contribution is -0.131. The number of nitrogens with zero attached hydrogens (tertiary/aromatic N) is 4. The van der Waals surface area contributed by atoms with Crippen molar-refractivity contribution in [2.45, 2.75) is 76.9 Å². The summed E-state index contributed by atoms with van der Waals surface area (Å²) in [5.74, 6) is 4.10. The second-order valence-corrected chi connectivity index (χ2v) is 13.4. The number of anilines is 1. The van der Waals surface area contributed by atoms with Crippen molar-refractivity contribution in [3.8, 4) is 0 Å². The van der Waals surface area contributed by atoms with Gasteiger partial charge in [0.15, 0.2) is 0 Å². The van der Waals surface area contributed by atoms with Crippen LogP contribution < -0.4 is 10.6 Å². The number of benzene rings is 1. The molecule has 4 saturated carbocycles. The number of carbonyl (C=O) groups excluding carboxylic acids is 1. The number of likely N-dealkylation sites (tertiary alicyclic amines) is 1. The van der Waals surface area contributed by atoms with E-state index in [0.29, 0.717) is 24.5 Å². The molecule has 0 spiro atoms. The van der Waals surface area contributed by atoms with E-state index in [1.807, 2.05) is 4.90 Å². The molecule has 2 N–H and O–H groups in total. The Bertz CT molecular complexity index is 1130. The van der Waals surface area contributed by atoms with Crippen LogP contribution in [0.15, 0.2) is 36.7 Å². The molecule has 7 nitrogen and oxygen atoms in total. The van der Waals surface area contributed by atoms with Crippen LogP contribution in [0.1, 0.15) is 68.2 Å². The number of nitrogens with one attached hydrogen (secondary N) is 2. The molecule has 7 heteroatoms. The van der Waals surface area contributed by atoms with Crippen molar-refractivity contribution in [2.75, 3.05) is 38.0 Å². The van der Waals surface area contributed by atoms with Gasteiger partial charge in [0.25, 0.3) is 0 Å². The van der Waals surface area contributed by atoms with E-state index in [-0.39, 0.29) is 5.91 Å². The van der Waals surface area contributed by atoms with Gasteiger partial charge in [0, 0.05) is 31.2 Å². The molecule has 0 unspecified atom stereocenters. The molecular formula is C32H44N6O. The Labute approximate surface area is 233 Å². The lowest BCUT2D eigenvalue weighted by Crippen LogP contribution is -2.49. The van der Waals surface area contributed by atoms with Crippen LogP contribution in [0, 0.1) is 23.2 Å². The summed E-state index contributed by atoms with van der Waals surface area (Å²) in [4.78, 5) is 26.9. The highest BCUT2D eigenvalue weighted by atomic mass is 16.2. The van der Waals surface area contributed by atoms with Crippen LogP contribution in [-0.2, 0) is 24.3 Å². The van der Waals surface area contributed by atoms with Gasteiger partial charge in [-0.05, 0) is 99.6 Å². The average molecular weight is 529 g/mol. The Balaban J connectivity index is 0.889. The predicted octanol–water partition coefficient (Wildman–Crippen LogP) is 4.24. The zero-order valence-electron chi connectivity index (χ0n) is 23.3. The van der Waals surface area contributed by atoms with E-state index in [0.717, 1.165) is 81.3 Å². The van der Waals surface area contributed by atoms with Crippen LogP contribution in [0.4, 0.5) is 5.82 Å². The molecule has 8 rings (SSSR count). The minimum Gasteiger partial charge on any atom is -0.369 e. The maximum Gasteiger partial charge on any atom is 0.236 e. The van der Waals surface area contributed by atoms with Crippen molar-refractivity contribution in [1.82, 2.24) is 25.1 Å². The third-order valence-corrected chi connectivity index (χ3v) is 10.5. The summed E-state index contributed by atoms with van der Waals surface area (Å²) in [5.41, 5.74) is 4.10. The van der Waals surface area contributed by atoms with E-state index in [4.69, 9.17) is 0 Å². The Morgan fingerprint density at radius 2 is 1.67 bits per heavy atom. The van der Waals surface area contributed by atoms with Crippen molar-refractivity contribution in [3.05, 3.63) is 53.5 Å². The maximum absolute atomic E-state index is 13.1. The van der Waals surface area contributed by atoms with Gasteiger partial charge in [-0.15, -0.1) is 0 Å². The molecule has 1 saturated heterocycles. The smallest absolute Gasteiger partial charge is 0.236 e. The summed E-state index contributed by atoms with van der Waals surface area (Å²) >= 11 is 0. The van der Waals surface area contributed by atoms with Crippen LogP contribution in [0.5, 0.6) is 0 Å². The van der Waals surface area contributed by atoms with E-state index in [1.165, 1.54) is 49.7 Å². The van der Waals surface area contributed by atoms with Crippen molar-refractivity contribution >= 4 is 11.7 Å². The number of amides is 1. The Kier molecular flexibility index (Phi) is 7.06. The third-order valence-electron chi connectivity index (χ3n) is 10.5. The van der Waals surface area contributed by atoms with E-state index >= 15 is 0 Å². The number of carbonyl (C=O) groups is 1. The molecule has 1 amide bonds. The molecule has 3 heterocycles. The summed E-state index contributed by atoms with van der Waals surface area (Å²) in [5, 5.41) is 7.35. The normalized spacial score (nSPS) is 30.4. The first-order valence-electron chi connectivity index (χ1n) is 15.4. The first kappa shape index (κ1) is 25.5. The zero-order valence-corrected chi connectivity index (χ0v) is 23.3. The van der Waals surface area contributed by atoms with E-state index < -0.39 is 0 Å². The van der Waals surface area contributed by atoms with E-state index in [9.17, 15) is 4.79 Å². The van der Waals surface area contributed by atoms with Crippen molar-refractivity contribution in [3.63, 3.8) is 0 Å². The van der Waals surface area contributed by atoms with Crippen molar-refractivity contribution in [2.24, 2.45) is 23.2 Å². The summed E-state index contributed by atoms with van der Waals surface area (Å²) in [7, 11) is 0. The van der Waals surface area contributed by atoms with Crippen LogP contribution in [0.3, 0.4) is 0 Å². The summed E-state index contributed by atoms with van der Waals surface area (Å²) in [6, 6.07) is 11.1. The van der Waals surface area contributed by atoms with Gasteiger partial charge in [0.05, 0.1) is 18.8 Å². The quantitative estimate of drug-likeness (QED) is 0.534. The molecule has 0 atom stereocenters. The highest BCUT2D eigenvalue weighted by Crippen LogP contribution is 2.59. The summed E-state index contributed by atoms with van der Waals surface area (Å²) in [6.07, 6.45) is 13.4. The van der Waals surface area contributed by atoms with Crippen LogP contribution in [0.2, 0.25) is 0 Å². The summed E-state index contributed by atoms with van der Waals surface area (Å²) < 4.78 is 0. The van der Waals surface area contributed by atoms with E-state index in [2.05, 4.69) is 55.8 Å². The van der Waals surface area contributed by atoms with Gasteiger partial charge in [-0.2, -0.15) is 0 Å². The molecule has 1 aromatic heterocycles. The van der Waals surface area contributed by atoms with Gasteiger partial charge in [0.2, 0.25) is 5.91 Å². The molecule has 39 heavy (non-hydrogen) atoms. The highest BCUT2D eigenvalue weighted by molar-refractivity contribution is 5.78. The minimum absolute atomic E-state index is 0.189. The fourth-order valence-corrected chi connectivity index (χ4v) is 8.98. The monoisotopic (exact) mass is 528 g/mol. The fraction of sp³-hybridized carbons (Fsp3) is 0.656. The van der Waals surface area contributed by atoms with Crippen LogP contribution in [0.25, 0.3) is 0 Å². The zero-order chi connectivity index (χ0) is 26.2. The van der Waals surface area contributed by atoms with Gasteiger partial charge in [-0.1, -0.05) is 30.3 Å². The van der Waals surface area contributed by atoms with Crippen LogP contribution in [-0.4, -0.2) is 64.4 Å². The topological polar surface area (TPSA) is 73.4 Å². The first-order chi connectivity index (χ1) is 19.1. The number of hydrogen-bond donors (Lipinski definition) is 2. The number of piperidine rings is 1. The molecule has 4 aliphatic carbocycles. The van der Waals surface area contributed by atoms with Crippen molar-refractivity contribution in [1.29, 1.82) is 0 Å². The minimum atomic E-state index is 0.189. The Morgan fingerprint density at radius 3 is 2.38 bits per heavy atom.